The number of halogens is 1. The largest absolute Gasteiger partial charge is 0.256 e. The van der Waals surface area contributed by atoms with Crippen LogP contribution in [0.25, 0.3) is 17.3 Å². The molecule has 0 aliphatic carbocycles. The van der Waals surface area contributed by atoms with Gasteiger partial charge in [0.25, 0.3) is 0 Å². The summed E-state index contributed by atoms with van der Waals surface area (Å²) in [6.45, 7) is 5.35. The van der Waals surface area contributed by atoms with Gasteiger partial charge in [-0.2, -0.15) is 0 Å². The van der Waals surface area contributed by atoms with Gasteiger partial charge in [-0.3, -0.25) is 4.98 Å². The van der Waals surface area contributed by atoms with Gasteiger partial charge in [0.2, 0.25) is 0 Å². The van der Waals surface area contributed by atoms with Crippen LogP contribution in [0.3, 0.4) is 0 Å². The number of benzene rings is 1. The Balaban J connectivity index is 1.93. The second-order valence-corrected chi connectivity index (χ2v) is 5.78. The van der Waals surface area contributed by atoms with Crippen molar-refractivity contribution in [2.45, 2.75) is 38.8 Å². The normalized spacial score (nSPS) is 12.4. The van der Waals surface area contributed by atoms with Gasteiger partial charge in [-0.15, -0.1) is 6.58 Å². The number of hydrogen-bond acceptors (Lipinski definition) is 1. The zero-order chi connectivity index (χ0) is 16.5. The number of alkyl halides is 1. The fourth-order valence-electron chi connectivity index (χ4n) is 2.38. The summed E-state index contributed by atoms with van der Waals surface area (Å²) in [7, 11) is 0. The van der Waals surface area contributed by atoms with Gasteiger partial charge in [-0.25, -0.2) is 4.39 Å². The molecule has 0 bridgehead atoms. The van der Waals surface area contributed by atoms with E-state index in [0.717, 1.165) is 36.1 Å². The van der Waals surface area contributed by atoms with Crippen molar-refractivity contribution in [1.82, 2.24) is 4.98 Å². The lowest BCUT2D eigenvalue weighted by atomic mass is 10.1. The van der Waals surface area contributed by atoms with Crippen molar-refractivity contribution in [2.75, 3.05) is 0 Å². The summed E-state index contributed by atoms with van der Waals surface area (Å²) in [5.74, 6) is 0. The van der Waals surface area contributed by atoms with E-state index in [1.165, 1.54) is 5.56 Å². The van der Waals surface area contributed by atoms with Gasteiger partial charge in [0, 0.05) is 11.8 Å². The van der Waals surface area contributed by atoms with Crippen LogP contribution in [0.4, 0.5) is 4.39 Å². The van der Waals surface area contributed by atoms with Crippen molar-refractivity contribution in [2.24, 2.45) is 0 Å². The molecule has 0 spiro atoms. The van der Waals surface area contributed by atoms with E-state index >= 15 is 0 Å². The Bertz CT molecular complexity index is 624. The highest BCUT2D eigenvalue weighted by atomic mass is 19.1. The highest BCUT2D eigenvalue weighted by Gasteiger charge is 1.99. The van der Waals surface area contributed by atoms with E-state index in [0.29, 0.717) is 6.42 Å². The summed E-state index contributed by atoms with van der Waals surface area (Å²) < 4.78 is 12.7. The quantitative estimate of drug-likeness (QED) is 0.429. The van der Waals surface area contributed by atoms with Crippen molar-refractivity contribution in [3.05, 3.63) is 72.5 Å². The molecule has 2 aromatic rings. The number of aromatic nitrogens is 1. The van der Waals surface area contributed by atoms with E-state index in [2.05, 4.69) is 54.0 Å². The number of pyridine rings is 1. The first kappa shape index (κ1) is 17.1. The fourth-order valence-corrected chi connectivity index (χ4v) is 2.38. The molecule has 0 saturated carbocycles. The van der Waals surface area contributed by atoms with Crippen LogP contribution >= 0.6 is 0 Å². The zero-order valence-electron chi connectivity index (χ0n) is 13.7. The van der Waals surface area contributed by atoms with Crippen LogP contribution in [0.2, 0.25) is 0 Å². The summed E-state index contributed by atoms with van der Waals surface area (Å²) in [5.41, 5.74) is 4.42. The zero-order valence-corrected chi connectivity index (χ0v) is 13.7. The lowest BCUT2D eigenvalue weighted by Gasteiger charge is -2.03. The van der Waals surface area contributed by atoms with Gasteiger partial charge in [0.05, 0.1) is 11.9 Å². The fraction of sp³-hybridized carbons (Fsp3) is 0.286. The lowest BCUT2D eigenvalue weighted by Crippen LogP contribution is -1.90. The van der Waals surface area contributed by atoms with E-state index in [9.17, 15) is 4.39 Å². The molecule has 120 valence electrons. The minimum absolute atomic E-state index is 0.636. The van der Waals surface area contributed by atoms with Gasteiger partial charge < -0.3 is 0 Å². The highest BCUT2D eigenvalue weighted by Crippen LogP contribution is 2.19. The minimum Gasteiger partial charge on any atom is -0.256 e. The van der Waals surface area contributed by atoms with E-state index < -0.39 is 6.17 Å². The molecule has 0 radical (unpaired) electrons. The van der Waals surface area contributed by atoms with Crippen molar-refractivity contribution in [3.63, 3.8) is 0 Å². The predicted octanol–water partition coefficient (Wildman–Crippen LogP) is 6.02. The van der Waals surface area contributed by atoms with Crippen LogP contribution in [-0.4, -0.2) is 11.2 Å². The standard InChI is InChI=1S/C21H24FN/c1-3-7-19-12-15-21(23-16-19)20-13-10-18(11-14-20)9-6-4-5-8-17(2)22/h3,6,9-17H,1,4-5,7-8H2,2H3. The molecule has 1 aromatic carbocycles. The number of rotatable bonds is 8. The van der Waals surface area contributed by atoms with Crippen LogP contribution < -0.4 is 0 Å². The molecule has 2 heteroatoms. The maximum absolute atomic E-state index is 12.7. The monoisotopic (exact) mass is 309 g/mol. The first-order valence-corrected chi connectivity index (χ1v) is 8.16. The summed E-state index contributed by atoms with van der Waals surface area (Å²) in [4.78, 5) is 4.50. The smallest absolute Gasteiger partial charge is 0.0973 e. The van der Waals surface area contributed by atoms with Gasteiger partial charge >= 0.3 is 0 Å². The van der Waals surface area contributed by atoms with Gasteiger partial charge in [0.1, 0.15) is 0 Å². The first-order chi connectivity index (χ1) is 11.2. The second-order valence-electron chi connectivity index (χ2n) is 5.78. The summed E-state index contributed by atoms with van der Waals surface area (Å²) in [6.07, 6.45) is 10.6. The Labute approximate surface area is 138 Å². The van der Waals surface area contributed by atoms with Crippen molar-refractivity contribution in [3.8, 4) is 11.3 Å². The Kier molecular flexibility index (Phi) is 6.74. The molecule has 1 heterocycles. The van der Waals surface area contributed by atoms with E-state index in [4.69, 9.17) is 0 Å². The van der Waals surface area contributed by atoms with Crippen LogP contribution in [0, 0.1) is 0 Å². The van der Waals surface area contributed by atoms with Crippen molar-refractivity contribution < 1.29 is 4.39 Å². The summed E-state index contributed by atoms with van der Waals surface area (Å²) in [5, 5.41) is 0. The molecule has 2 rings (SSSR count). The number of nitrogens with zero attached hydrogens (tertiary/aromatic N) is 1. The third-order valence-electron chi connectivity index (χ3n) is 3.69. The molecule has 0 aliphatic rings. The molecule has 0 aliphatic heterocycles. The SMILES string of the molecule is C=CCc1ccc(-c2ccc(C=CCCCC(C)F)cc2)nc1. The van der Waals surface area contributed by atoms with Crippen molar-refractivity contribution >= 4 is 6.08 Å². The van der Waals surface area contributed by atoms with E-state index in [1.54, 1.807) is 6.92 Å². The van der Waals surface area contributed by atoms with Gasteiger partial charge in [0.15, 0.2) is 0 Å². The molecule has 1 aromatic heterocycles. The number of allylic oxidation sites excluding steroid dienone is 2. The van der Waals surface area contributed by atoms with Gasteiger partial charge in [-0.05, 0) is 49.8 Å². The molecule has 0 N–H and O–H groups in total. The maximum Gasteiger partial charge on any atom is 0.0973 e. The lowest BCUT2D eigenvalue weighted by molar-refractivity contribution is 0.335. The third-order valence-corrected chi connectivity index (χ3v) is 3.69. The molecule has 1 nitrogen and oxygen atoms in total. The molecule has 23 heavy (non-hydrogen) atoms. The molecular formula is C21H24FN. The average Bonchev–Trinajstić information content (AvgIpc) is 2.56. The third kappa shape index (κ3) is 5.82. The van der Waals surface area contributed by atoms with Crippen molar-refractivity contribution in [1.29, 1.82) is 0 Å². The summed E-state index contributed by atoms with van der Waals surface area (Å²) in [6, 6.07) is 12.5. The Morgan fingerprint density at radius 1 is 1.17 bits per heavy atom. The highest BCUT2D eigenvalue weighted by molar-refractivity contribution is 5.62. The average molecular weight is 309 g/mol. The Morgan fingerprint density at radius 3 is 2.57 bits per heavy atom. The van der Waals surface area contributed by atoms with Crippen LogP contribution in [0.5, 0.6) is 0 Å². The van der Waals surface area contributed by atoms with Crippen LogP contribution in [-0.2, 0) is 6.42 Å². The molecule has 0 amide bonds. The number of unbranched alkanes of at least 4 members (excludes halogenated alkanes) is 1. The first-order valence-electron chi connectivity index (χ1n) is 8.16. The predicted molar refractivity (Wildman–Crippen MR) is 97.0 cm³/mol. The second kappa shape index (κ2) is 9.04. The van der Waals surface area contributed by atoms with Crippen LogP contribution in [0.1, 0.15) is 37.3 Å². The molecule has 0 fully saturated rings. The van der Waals surface area contributed by atoms with Gasteiger partial charge in [-0.1, -0.05) is 48.6 Å². The molecule has 0 saturated heterocycles. The molecule has 1 atom stereocenters. The van der Waals surface area contributed by atoms with E-state index in [1.807, 2.05) is 18.3 Å². The minimum atomic E-state index is -0.701. The van der Waals surface area contributed by atoms with E-state index in [-0.39, 0.29) is 0 Å². The topological polar surface area (TPSA) is 12.9 Å². The number of hydrogen-bond donors (Lipinski definition) is 0. The van der Waals surface area contributed by atoms with Crippen LogP contribution in [0.15, 0.2) is 61.3 Å². The summed E-state index contributed by atoms with van der Waals surface area (Å²) >= 11 is 0. The molecular weight excluding hydrogens is 285 g/mol. The maximum atomic E-state index is 12.7. The molecule has 1 unspecified atom stereocenters. The Hall–Kier alpha value is -2.22. The Morgan fingerprint density at radius 2 is 1.96 bits per heavy atom.